The van der Waals surface area contributed by atoms with Crippen LogP contribution in [0.4, 0.5) is 5.95 Å². The van der Waals surface area contributed by atoms with Gasteiger partial charge in [-0.1, -0.05) is 6.07 Å². The minimum atomic E-state index is -0.190. The SMILES string of the molecule is CC(C)NC(=O)c1cnc(N(C)C)nc1C1CCN(C(=O)c2ccccn2)C1. The van der Waals surface area contributed by atoms with E-state index in [4.69, 9.17) is 0 Å². The van der Waals surface area contributed by atoms with Gasteiger partial charge in [0, 0.05) is 51.5 Å². The lowest BCUT2D eigenvalue weighted by Gasteiger charge is -2.19. The molecule has 28 heavy (non-hydrogen) atoms. The monoisotopic (exact) mass is 382 g/mol. The first kappa shape index (κ1) is 19.7. The molecule has 0 spiro atoms. The molecule has 2 aromatic rings. The van der Waals surface area contributed by atoms with E-state index < -0.39 is 0 Å². The summed E-state index contributed by atoms with van der Waals surface area (Å²) in [6, 6.07) is 5.31. The molecule has 2 aromatic heterocycles. The fourth-order valence-corrected chi connectivity index (χ4v) is 3.25. The number of hydrogen-bond donors (Lipinski definition) is 1. The normalized spacial score (nSPS) is 16.3. The Labute approximate surface area is 165 Å². The minimum Gasteiger partial charge on any atom is -0.350 e. The van der Waals surface area contributed by atoms with Crippen LogP contribution in [0.2, 0.25) is 0 Å². The van der Waals surface area contributed by atoms with Gasteiger partial charge in [-0.15, -0.1) is 0 Å². The van der Waals surface area contributed by atoms with Gasteiger partial charge < -0.3 is 15.1 Å². The van der Waals surface area contributed by atoms with Crippen LogP contribution in [0.25, 0.3) is 0 Å². The van der Waals surface area contributed by atoms with Gasteiger partial charge >= 0.3 is 0 Å². The van der Waals surface area contributed by atoms with Gasteiger partial charge in [0.05, 0.1) is 11.3 Å². The summed E-state index contributed by atoms with van der Waals surface area (Å²) >= 11 is 0. The van der Waals surface area contributed by atoms with Crippen molar-refractivity contribution < 1.29 is 9.59 Å². The highest BCUT2D eigenvalue weighted by Crippen LogP contribution is 2.30. The smallest absolute Gasteiger partial charge is 0.272 e. The van der Waals surface area contributed by atoms with Crippen LogP contribution in [0.15, 0.2) is 30.6 Å². The summed E-state index contributed by atoms with van der Waals surface area (Å²) < 4.78 is 0. The second-order valence-electron chi connectivity index (χ2n) is 7.44. The van der Waals surface area contributed by atoms with E-state index in [0.717, 1.165) is 6.42 Å². The Kier molecular flexibility index (Phi) is 5.87. The van der Waals surface area contributed by atoms with E-state index in [-0.39, 0.29) is 23.8 Å². The molecule has 1 saturated heterocycles. The van der Waals surface area contributed by atoms with Crippen molar-refractivity contribution in [3.8, 4) is 0 Å². The topological polar surface area (TPSA) is 91.3 Å². The predicted octanol–water partition coefficient (Wildman–Crippen LogP) is 1.71. The Morgan fingerprint density at radius 2 is 2.04 bits per heavy atom. The molecule has 1 fully saturated rings. The van der Waals surface area contributed by atoms with E-state index in [1.807, 2.05) is 27.9 Å². The second-order valence-corrected chi connectivity index (χ2v) is 7.44. The maximum absolute atomic E-state index is 12.7. The molecule has 1 unspecified atom stereocenters. The van der Waals surface area contributed by atoms with Crippen molar-refractivity contribution in [3.05, 3.63) is 47.5 Å². The zero-order valence-corrected chi connectivity index (χ0v) is 16.7. The lowest BCUT2D eigenvalue weighted by Crippen LogP contribution is -2.32. The van der Waals surface area contributed by atoms with Gasteiger partial charge in [-0.25, -0.2) is 9.97 Å². The van der Waals surface area contributed by atoms with E-state index in [1.54, 1.807) is 40.4 Å². The first-order valence-electron chi connectivity index (χ1n) is 9.42. The Bertz CT molecular complexity index is 853. The van der Waals surface area contributed by atoms with Crippen molar-refractivity contribution in [3.63, 3.8) is 0 Å². The molecule has 8 nitrogen and oxygen atoms in total. The highest BCUT2D eigenvalue weighted by atomic mass is 16.2. The van der Waals surface area contributed by atoms with Gasteiger partial charge in [-0.2, -0.15) is 0 Å². The summed E-state index contributed by atoms with van der Waals surface area (Å²) in [5.41, 5.74) is 1.59. The molecule has 1 aliphatic rings. The molecule has 2 amide bonds. The van der Waals surface area contributed by atoms with Crippen LogP contribution in [0.1, 0.15) is 52.7 Å². The van der Waals surface area contributed by atoms with Crippen molar-refractivity contribution in [2.24, 2.45) is 0 Å². The summed E-state index contributed by atoms with van der Waals surface area (Å²) in [5.74, 6) is 0.232. The molecular formula is C20H26N6O2. The molecule has 1 aliphatic heterocycles. The zero-order valence-electron chi connectivity index (χ0n) is 16.7. The first-order chi connectivity index (χ1) is 13.4. The Balaban J connectivity index is 1.86. The number of likely N-dealkylation sites (tertiary alicyclic amines) is 1. The van der Waals surface area contributed by atoms with E-state index in [9.17, 15) is 9.59 Å². The lowest BCUT2D eigenvalue weighted by atomic mass is 9.99. The predicted molar refractivity (Wildman–Crippen MR) is 106 cm³/mol. The third-order valence-corrected chi connectivity index (χ3v) is 4.62. The maximum atomic E-state index is 12.7. The molecule has 3 rings (SSSR count). The second kappa shape index (κ2) is 8.33. The number of anilines is 1. The van der Waals surface area contributed by atoms with Crippen molar-refractivity contribution in [1.82, 2.24) is 25.2 Å². The molecule has 0 aromatic carbocycles. The molecule has 0 bridgehead atoms. The van der Waals surface area contributed by atoms with E-state index >= 15 is 0 Å². The van der Waals surface area contributed by atoms with Gasteiger partial charge in [-0.3, -0.25) is 14.6 Å². The van der Waals surface area contributed by atoms with Crippen LogP contribution in [0, 0.1) is 0 Å². The summed E-state index contributed by atoms with van der Waals surface area (Å²) in [7, 11) is 3.72. The average molecular weight is 382 g/mol. The molecular weight excluding hydrogens is 356 g/mol. The van der Waals surface area contributed by atoms with Gasteiger partial charge in [-0.05, 0) is 32.4 Å². The Morgan fingerprint density at radius 1 is 1.25 bits per heavy atom. The Hall–Kier alpha value is -3.03. The molecule has 1 N–H and O–H groups in total. The fourth-order valence-electron chi connectivity index (χ4n) is 3.25. The lowest BCUT2D eigenvalue weighted by molar-refractivity contribution is 0.0785. The van der Waals surface area contributed by atoms with Crippen molar-refractivity contribution in [2.45, 2.75) is 32.2 Å². The first-order valence-corrected chi connectivity index (χ1v) is 9.42. The highest BCUT2D eigenvalue weighted by molar-refractivity contribution is 5.95. The Morgan fingerprint density at radius 3 is 2.68 bits per heavy atom. The van der Waals surface area contributed by atoms with Gasteiger partial charge in [0.15, 0.2) is 0 Å². The quantitative estimate of drug-likeness (QED) is 0.846. The van der Waals surface area contributed by atoms with Gasteiger partial charge in [0.2, 0.25) is 5.95 Å². The van der Waals surface area contributed by atoms with Crippen LogP contribution >= 0.6 is 0 Å². The van der Waals surface area contributed by atoms with E-state index in [1.165, 1.54) is 0 Å². The number of hydrogen-bond acceptors (Lipinski definition) is 6. The molecule has 0 radical (unpaired) electrons. The number of aromatic nitrogens is 3. The third kappa shape index (κ3) is 4.27. The standard InChI is InChI=1S/C20H26N6O2/c1-13(2)23-18(27)15-11-22-20(25(3)4)24-17(15)14-8-10-26(12-14)19(28)16-7-5-6-9-21-16/h5-7,9,11,13-14H,8,10,12H2,1-4H3,(H,23,27). The molecule has 0 saturated carbocycles. The number of carbonyl (C=O) groups excluding carboxylic acids is 2. The minimum absolute atomic E-state index is 0.0136. The molecule has 8 heteroatoms. The number of rotatable bonds is 5. The number of nitrogens with one attached hydrogen (secondary N) is 1. The van der Waals surface area contributed by atoms with Crippen molar-refractivity contribution in [2.75, 3.05) is 32.1 Å². The average Bonchev–Trinajstić information content (AvgIpc) is 3.17. The number of amides is 2. The highest BCUT2D eigenvalue weighted by Gasteiger charge is 2.32. The summed E-state index contributed by atoms with van der Waals surface area (Å²) in [6.07, 6.45) is 3.94. The largest absolute Gasteiger partial charge is 0.350 e. The molecule has 148 valence electrons. The molecule has 0 aliphatic carbocycles. The van der Waals surface area contributed by atoms with E-state index in [2.05, 4.69) is 20.3 Å². The van der Waals surface area contributed by atoms with E-state index in [0.29, 0.717) is 36.0 Å². The summed E-state index contributed by atoms with van der Waals surface area (Å²) in [4.78, 5) is 42.0. The van der Waals surface area contributed by atoms with Gasteiger partial charge in [0.1, 0.15) is 5.69 Å². The van der Waals surface area contributed by atoms with Crippen LogP contribution in [-0.4, -0.2) is 64.9 Å². The number of pyridine rings is 1. The number of nitrogens with zero attached hydrogens (tertiary/aromatic N) is 5. The van der Waals surface area contributed by atoms with Crippen LogP contribution < -0.4 is 10.2 Å². The third-order valence-electron chi connectivity index (χ3n) is 4.62. The fraction of sp³-hybridized carbons (Fsp3) is 0.450. The summed E-state index contributed by atoms with van der Waals surface area (Å²) in [6.45, 7) is 4.93. The van der Waals surface area contributed by atoms with Crippen molar-refractivity contribution in [1.29, 1.82) is 0 Å². The summed E-state index contributed by atoms with van der Waals surface area (Å²) in [5, 5.41) is 2.91. The zero-order chi connectivity index (χ0) is 20.3. The van der Waals surface area contributed by atoms with Crippen LogP contribution in [0.3, 0.4) is 0 Å². The van der Waals surface area contributed by atoms with Crippen LogP contribution in [0.5, 0.6) is 0 Å². The van der Waals surface area contributed by atoms with Crippen molar-refractivity contribution >= 4 is 17.8 Å². The van der Waals surface area contributed by atoms with Crippen LogP contribution in [-0.2, 0) is 0 Å². The molecule has 3 heterocycles. The van der Waals surface area contributed by atoms with Gasteiger partial charge in [0.25, 0.3) is 11.8 Å². The molecule has 1 atom stereocenters. The number of carbonyl (C=O) groups is 2. The maximum Gasteiger partial charge on any atom is 0.272 e.